The Balaban J connectivity index is 1.57. The van der Waals surface area contributed by atoms with Crippen molar-refractivity contribution in [3.63, 3.8) is 0 Å². The van der Waals surface area contributed by atoms with Crippen molar-refractivity contribution in [2.75, 3.05) is 18.1 Å². The number of carbonyl (C=O) groups excluding carboxylic acids is 1. The molecule has 0 atom stereocenters. The van der Waals surface area contributed by atoms with Crippen molar-refractivity contribution in [2.24, 2.45) is 0 Å². The largest absolute Gasteiger partial charge is 0.482 e. The van der Waals surface area contributed by atoms with Gasteiger partial charge >= 0.3 is 0 Å². The summed E-state index contributed by atoms with van der Waals surface area (Å²) in [5.74, 6) is -1.41. The first kappa shape index (κ1) is 25.7. The standard InChI is InChI=1S/C23H25F3N4O5S/c1-3-23(6-8-36(32,33)9-7-23)29-21(31)20-14(2)30-12-16(4-5-19(30)28-20)35-22-17(34-13-18(25)26)10-15(24)11-27-22/h4-5,10-12,18H,3,6-9,13H2,1-2H3,(H,29,31). The Kier molecular flexibility index (Phi) is 7.12. The highest BCUT2D eigenvalue weighted by Crippen LogP contribution is 2.31. The van der Waals surface area contributed by atoms with Crippen molar-refractivity contribution >= 4 is 21.4 Å². The molecule has 0 bridgehead atoms. The summed E-state index contributed by atoms with van der Waals surface area (Å²) in [6.45, 7) is 2.64. The van der Waals surface area contributed by atoms with Gasteiger partial charge in [-0.15, -0.1) is 0 Å². The van der Waals surface area contributed by atoms with Gasteiger partial charge in [-0.05, 0) is 38.3 Å². The zero-order chi connectivity index (χ0) is 26.1. The number of hydrogen-bond acceptors (Lipinski definition) is 7. The molecule has 1 saturated heterocycles. The number of alkyl halides is 2. The number of halogens is 3. The van der Waals surface area contributed by atoms with Gasteiger partial charge in [0.25, 0.3) is 18.2 Å². The number of nitrogens with one attached hydrogen (secondary N) is 1. The maximum atomic E-state index is 13.5. The summed E-state index contributed by atoms with van der Waals surface area (Å²) in [5.41, 5.74) is 0.503. The number of aromatic nitrogens is 3. The number of rotatable bonds is 8. The van der Waals surface area contributed by atoms with Crippen molar-refractivity contribution in [1.82, 2.24) is 19.7 Å². The van der Waals surface area contributed by atoms with Gasteiger partial charge in [0.1, 0.15) is 39.4 Å². The maximum Gasteiger partial charge on any atom is 0.272 e. The molecule has 1 aliphatic rings. The predicted octanol–water partition coefficient (Wildman–Crippen LogP) is 3.70. The van der Waals surface area contributed by atoms with E-state index in [1.807, 2.05) is 6.92 Å². The highest BCUT2D eigenvalue weighted by molar-refractivity contribution is 7.91. The first-order valence-electron chi connectivity index (χ1n) is 11.3. The van der Waals surface area contributed by atoms with Crippen LogP contribution in [0.15, 0.2) is 30.6 Å². The summed E-state index contributed by atoms with van der Waals surface area (Å²) in [6.07, 6.45) is 0.887. The lowest BCUT2D eigenvalue weighted by Crippen LogP contribution is -2.52. The first-order chi connectivity index (χ1) is 17.0. The highest BCUT2D eigenvalue weighted by atomic mass is 32.2. The monoisotopic (exact) mass is 526 g/mol. The second-order valence-electron chi connectivity index (χ2n) is 8.64. The van der Waals surface area contributed by atoms with E-state index in [9.17, 15) is 26.4 Å². The van der Waals surface area contributed by atoms with E-state index in [2.05, 4.69) is 15.3 Å². The number of ether oxygens (including phenoxy) is 2. The zero-order valence-electron chi connectivity index (χ0n) is 19.6. The molecule has 0 saturated carbocycles. The molecule has 0 radical (unpaired) electrons. The van der Waals surface area contributed by atoms with Crippen LogP contribution >= 0.6 is 0 Å². The predicted molar refractivity (Wildman–Crippen MR) is 124 cm³/mol. The van der Waals surface area contributed by atoms with Gasteiger partial charge in [0, 0.05) is 11.6 Å². The molecule has 4 heterocycles. The lowest BCUT2D eigenvalue weighted by molar-refractivity contribution is 0.0801. The molecule has 3 aromatic rings. The molecule has 36 heavy (non-hydrogen) atoms. The number of pyridine rings is 2. The van der Waals surface area contributed by atoms with Gasteiger partial charge in [-0.25, -0.2) is 31.6 Å². The van der Waals surface area contributed by atoms with E-state index in [4.69, 9.17) is 9.47 Å². The molecule has 1 N–H and O–H groups in total. The maximum absolute atomic E-state index is 13.5. The molecular weight excluding hydrogens is 501 g/mol. The average molecular weight is 527 g/mol. The molecule has 1 amide bonds. The lowest BCUT2D eigenvalue weighted by Gasteiger charge is -2.37. The molecular formula is C23H25F3N4O5S. The Bertz CT molecular complexity index is 1380. The van der Waals surface area contributed by atoms with E-state index in [-0.39, 0.29) is 34.6 Å². The number of aryl methyl sites for hydroxylation is 1. The number of sulfone groups is 1. The molecule has 4 rings (SSSR count). The number of imidazole rings is 1. The highest BCUT2D eigenvalue weighted by Gasteiger charge is 2.38. The fourth-order valence-electron chi connectivity index (χ4n) is 4.07. The van der Waals surface area contributed by atoms with Crippen LogP contribution in [0.1, 0.15) is 42.4 Å². The Hall–Kier alpha value is -3.35. The minimum absolute atomic E-state index is 0.0202. The van der Waals surface area contributed by atoms with E-state index >= 15 is 0 Å². The molecule has 3 aromatic heterocycles. The first-order valence-corrected chi connectivity index (χ1v) is 13.1. The van der Waals surface area contributed by atoms with Crippen LogP contribution in [0.2, 0.25) is 0 Å². The van der Waals surface area contributed by atoms with E-state index < -0.39 is 40.1 Å². The minimum atomic E-state index is -3.09. The molecule has 9 nitrogen and oxygen atoms in total. The van der Waals surface area contributed by atoms with Crippen LogP contribution in [0.4, 0.5) is 13.2 Å². The molecule has 0 aliphatic carbocycles. The summed E-state index contributed by atoms with van der Waals surface area (Å²) in [5, 5.41) is 2.99. The smallest absolute Gasteiger partial charge is 0.272 e. The summed E-state index contributed by atoms with van der Waals surface area (Å²) in [7, 11) is -3.09. The Labute approximate surface area is 205 Å². The van der Waals surface area contributed by atoms with Crippen LogP contribution in [0, 0.1) is 12.7 Å². The molecule has 1 aliphatic heterocycles. The fourth-order valence-corrected chi connectivity index (χ4v) is 5.67. The van der Waals surface area contributed by atoms with Crippen LogP contribution in [-0.2, 0) is 9.84 Å². The second-order valence-corrected chi connectivity index (χ2v) is 10.9. The van der Waals surface area contributed by atoms with Gasteiger partial charge in [-0.3, -0.25) is 9.20 Å². The molecule has 13 heteroatoms. The second kappa shape index (κ2) is 9.96. The summed E-state index contributed by atoms with van der Waals surface area (Å²) >= 11 is 0. The normalized spacial score (nSPS) is 16.7. The molecule has 0 unspecified atom stereocenters. The van der Waals surface area contributed by atoms with Crippen molar-refractivity contribution in [3.8, 4) is 17.4 Å². The minimum Gasteiger partial charge on any atom is -0.482 e. The van der Waals surface area contributed by atoms with Gasteiger partial charge in [0.2, 0.25) is 0 Å². The Morgan fingerprint density at radius 3 is 2.67 bits per heavy atom. The van der Waals surface area contributed by atoms with E-state index in [1.165, 1.54) is 12.3 Å². The summed E-state index contributed by atoms with van der Waals surface area (Å²) < 4.78 is 74.5. The van der Waals surface area contributed by atoms with Gasteiger partial charge in [0.15, 0.2) is 5.75 Å². The SMILES string of the molecule is CCC1(NC(=O)c2nc3ccc(Oc4ncc(F)cc4OCC(F)F)cn3c2C)CCS(=O)(=O)CC1. The van der Waals surface area contributed by atoms with Gasteiger partial charge < -0.3 is 14.8 Å². The number of hydrogen-bond donors (Lipinski definition) is 1. The van der Waals surface area contributed by atoms with Crippen molar-refractivity contribution in [3.05, 3.63) is 47.8 Å². The third-order valence-corrected chi connectivity index (χ3v) is 7.90. The van der Waals surface area contributed by atoms with Gasteiger partial charge in [-0.1, -0.05) is 6.92 Å². The van der Waals surface area contributed by atoms with Crippen molar-refractivity contribution in [1.29, 1.82) is 0 Å². The van der Waals surface area contributed by atoms with Crippen LogP contribution in [0.5, 0.6) is 17.4 Å². The number of amides is 1. The third-order valence-electron chi connectivity index (χ3n) is 6.25. The molecule has 194 valence electrons. The van der Waals surface area contributed by atoms with Crippen LogP contribution in [0.25, 0.3) is 5.65 Å². The van der Waals surface area contributed by atoms with Crippen molar-refractivity contribution < 1.29 is 35.9 Å². The quantitative estimate of drug-likeness (QED) is 0.476. The molecule has 0 spiro atoms. The average Bonchev–Trinajstić information content (AvgIpc) is 3.17. The zero-order valence-corrected chi connectivity index (χ0v) is 20.4. The summed E-state index contributed by atoms with van der Waals surface area (Å²) in [4.78, 5) is 21.3. The third kappa shape index (κ3) is 5.55. The Morgan fingerprint density at radius 1 is 1.28 bits per heavy atom. The molecule has 1 fully saturated rings. The van der Waals surface area contributed by atoms with Crippen LogP contribution in [0.3, 0.4) is 0 Å². The van der Waals surface area contributed by atoms with Crippen LogP contribution in [-0.4, -0.2) is 58.8 Å². The molecule has 0 aromatic carbocycles. The van der Waals surface area contributed by atoms with E-state index in [0.29, 0.717) is 30.6 Å². The van der Waals surface area contributed by atoms with E-state index in [0.717, 1.165) is 12.3 Å². The van der Waals surface area contributed by atoms with Crippen molar-refractivity contribution in [2.45, 2.75) is 45.1 Å². The lowest BCUT2D eigenvalue weighted by atomic mass is 9.89. The summed E-state index contributed by atoms with van der Waals surface area (Å²) in [6, 6.07) is 4.02. The van der Waals surface area contributed by atoms with Crippen LogP contribution < -0.4 is 14.8 Å². The Morgan fingerprint density at radius 2 is 2.00 bits per heavy atom. The van der Waals surface area contributed by atoms with E-state index in [1.54, 1.807) is 17.4 Å². The number of nitrogens with zero attached hydrogens (tertiary/aromatic N) is 3. The van der Waals surface area contributed by atoms with Gasteiger partial charge in [-0.2, -0.15) is 0 Å². The topological polar surface area (TPSA) is 112 Å². The van der Waals surface area contributed by atoms with Gasteiger partial charge in [0.05, 0.1) is 29.6 Å². The fraction of sp³-hybridized carbons (Fsp3) is 0.435. The number of carbonyl (C=O) groups is 1. The number of fused-ring (bicyclic) bond motifs is 1.